The maximum Gasteiger partial charge on any atom is 0.243 e. The van der Waals surface area contributed by atoms with Crippen LogP contribution in [0, 0.1) is 6.92 Å². The normalized spacial score (nSPS) is 12.5. The van der Waals surface area contributed by atoms with Crippen LogP contribution in [0.5, 0.6) is 0 Å². The molecule has 1 unspecified atom stereocenters. The molecule has 0 aromatic heterocycles. The summed E-state index contributed by atoms with van der Waals surface area (Å²) < 4.78 is 29.8. The molecule has 8 heteroatoms. The largest absolute Gasteiger partial charge is 0.348 e. The summed E-state index contributed by atoms with van der Waals surface area (Å²) in [6.45, 7) is 3.56. The van der Waals surface area contributed by atoms with Gasteiger partial charge in [-0.15, -0.1) is 0 Å². The minimum atomic E-state index is -3.88. The second-order valence-electron chi connectivity index (χ2n) is 7.56. The number of benzene rings is 3. The van der Waals surface area contributed by atoms with E-state index in [4.69, 9.17) is 0 Å². The molecule has 0 bridgehead atoms. The summed E-state index contributed by atoms with van der Waals surface area (Å²) in [7, 11) is -3.88. The van der Waals surface area contributed by atoms with Crippen LogP contribution in [-0.4, -0.2) is 25.2 Å². The van der Waals surface area contributed by atoms with Gasteiger partial charge >= 0.3 is 0 Å². The van der Waals surface area contributed by atoms with Crippen LogP contribution < -0.4 is 5.32 Å². The molecule has 1 amide bonds. The fourth-order valence-corrected chi connectivity index (χ4v) is 5.25. The first-order chi connectivity index (χ1) is 15.1. The minimum absolute atomic E-state index is 0.0855. The molecular weight excluding hydrogens is 556 g/mol. The van der Waals surface area contributed by atoms with Gasteiger partial charge in [-0.25, -0.2) is 8.42 Å². The maximum atomic E-state index is 13.4. The molecule has 0 fully saturated rings. The number of sulfonamides is 1. The molecule has 0 aliphatic rings. The zero-order chi connectivity index (χ0) is 23.3. The number of carbonyl (C=O) groups is 1. The number of amides is 1. The summed E-state index contributed by atoms with van der Waals surface area (Å²) in [5, 5.41) is 2.91. The second kappa shape index (κ2) is 10.7. The zero-order valence-corrected chi connectivity index (χ0v) is 21.7. The number of aryl methyl sites for hydroxylation is 1. The van der Waals surface area contributed by atoms with E-state index in [1.165, 1.54) is 4.31 Å². The fraction of sp³-hybridized carbons (Fsp3) is 0.208. The molecule has 32 heavy (non-hydrogen) atoms. The molecule has 0 aliphatic heterocycles. The van der Waals surface area contributed by atoms with Gasteiger partial charge < -0.3 is 5.32 Å². The van der Waals surface area contributed by atoms with Crippen molar-refractivity contribution in [1.82, 2.24) is 9.62 Å². The van der Waals surface area contributed by atoms with Crippen molar-refractivity contribution < 1.29 is 13.2 Å². The summed E-state index contributed by atoms with van der Waals surface area (Å²) in [6, 6.07) is 21.4. The van der Waals surface area contributed by atoms with E-state index in [1.54, 1.807) is 24.3 Å². The first-order valence-electron chi connectivity index (χ1n) is 10.0. The van der Waals surface area contributed by atoms with Crippen LogP contribution in [0.4, 0.5) is 0 Å². The number of carbonyl (C=O) groups excluding carboxylic acids is 1. The molecule has 1 N–H and O–H groups in total. The van der Waals surface area contributed by atoms with Crippen LogP contribution in [0.25, 0.3) is 0 Å². The van der Waals surface area contributed by atoms with E-state index in [0.717, 1.165) is 25.6 Å². The van der Waals surface area contributed by atoms with Gasteiger partial charge in [0.2, 0.25) is 15.9 Å². The molecule has 0 saturated carbocycles. The lowest BCUT2D eigenvalue weighted by atomic mass is 10.1. The maximum absolute atomic E-state index is 13.4. The molecule has 0 spiro atoms. The lowest BCUT2D eigenvalue weighted by Crippen LogP contribution is -2.41. The summed E-state index contributed by atoms with van der Waals surface area (Å²) in [4.78, 5) is 13.0. The van der Waals surface area contributed by atoms with Gasteiger partial charge in [0.1, 0.15) is 0 Å². The average molecular weight is 580 g/mol. The first kappa shape index (κ1) is 24.6. The number of nitrogens with one attached hydrogen (secondary N) is 1. The van der Waals surface area contributed by atoms with Crippen molar-refractivity contribution >= 4 is 47.8 Å². The smallest absolute Gasteiger partial charge is 0.243 e. The van der Waals surface area contributed by atoms with E-state index in [2.05, 4.69) is 37.2 Å². The standard InChI is InChI=1S/C24H24Br2N2O3S/c1-17-6-12-23(13-7-17)32(30,31)28(15-19-8-10-21(25)11-9-19)16-24(29)27-18(2)20-4-3-5-22(26)14-20/h3-14,18H,15-16H2,1-2H3,(H,27,29). The predicted octanol–water partition coefficient (Wildman–Crippen LogP) is 5.59. The third kappa shape index (κ3) is 6.51. The monoisotopic (exact) mass is 578 g/mol. The Hall–Kier alpha value is -2.00. The van der Waals surface area contributed by atoms with Gasteiger partial charge in [0, 0.05) is 15.5 Å². The lowest BCUT2D eigenvalue weighted by Gasteiger charge is -2.23. The molecule has 0 aliphatic carbocycles. The van der Waals surface area contributed by atoms with E-state index in [0.29, 0.717) is 0 Å². The Labute approximate surface area is 206 Å². The summed E-state index contributed by atoms with van der Waals surface area (Å²) >= 11 is 6.82. The first-order valence-corrected chi connectivity index (χ1v) is 13.0. The van der Waals surface area contributed by atoms with Gasteiger partial charge in [-0.3, -0.25) is 4.79 Å². The lowest BCUT2D eigenvalue weighted by molar-refractivity contribution is -0.122. The van der Waals surface area contributed by atoms with Gasteiger partial charge in [-0.05, 0) is 61.4 Å². The van der Waals surface area contributed by atoms with Crippen LogP contribution in [0.2, 0.25) is 0 Å². The Morgan fingerprint density at radius 1 is 0.969 bits per heavy atom. The Balaban J connectivity index is 1.83. The number of halogens is 2. The van der Waals surface area contributed by atoms with Gasteiger partial charge in [0.05, 0.1) is 17.5 Å². The van der Waals surface area contributed by atoms with Crippen LogP contribution in [0.15, 0.2) is 86.6 Å². The highest BCUT2D eigenvalue weighted by atomic mass is 79.9. The minimum Gasteiger partial charge on any atom is -0.348 e. The third-order valence-corrected chi connectivity index (χ3v) is 7.80. The van der Waals surface area contributed by atoms with Crippen molar-refractivity contribution in [2.45, 2.75) is 31.3 Å². The molecular formula is C24H24Br2N2O3S. The van der Waals surface area contributed by atoms with E-state index in [1.807, 2.05) is 62.4 Å². The summed E-state index contributed by atoms with van der Waals surface area (Å²) in [5.41, 5.74) is 2.68. The molecule has 5 nitrogen and oxygen atoms in total. The molecule has 1 atom stereocenters. The summed E-state index contributed by atoms with van der Waals surface area (Å²) in [6.07, 6.45) is 0. The van der Waals surface area contributed by atoms with E-state index in [-0.39, 0.29) is 29.9 Å². The van der Waals surface area contributed by atoms with Gasteiger partial charge in [0.25, 0.3) is 0 Å². The molecule has 0 radical (unpaired) electrons. The van der Waals surface area contributed by atoms with Crippen molar-refractivity contribution in [1.29, 1.82) is 0 Å². The molecule has 0 heterocycles. The Morgan fingerprint density at radius 2 is 1.62 bits per heavy atom. The Morgan fingerprint density at radius 3 is 2.25 bits per heavy atom. The molecule has 0 saturated heterocycles. The average Bonchev–Trinajstić information content (AvgIpc) is 2.75. The van der Waals surface area contributed by atoms with Crippen molar-refractivity contribution in [2.24, 2.45) is 0 Å². The van der Waals surface area contributed by atoms with E-state index in [9.17, 15) is 13.2 Å². The third-order valence-electron chi connectivity index (χ3n) is 4.98. The highest BCUT2D eigenvalue weighted by molar-refractivity contribution is 9.10. The highest BCUT2D eigenvalue weighted by Crippen LogP contribution is 2.21. The van der Waals surface area contributed by atoms with Crippen LogP contribution >= 0.6 is 31.9 Å². The van der Waals surface area contributed by atoms with E-state index >= 15 is 0 Å². The molecule has 3 rings (SSSR count). The number of hydrogen-bond acceptors (Lipinski definition) is 3. The predicted molar refractivity (Wildman–Crippen MR) is 134 cm³/mol. The Bertz CT molecular complexity index is 1180. The fourth-order valence-electron chi connectivity index (χ4n) is 3.19. The van der Waals surface area contributed by atoms with Gasteiger partial charge in [-0.1, -0.05) is 73.8 Å². The molecule has 3 aromatic carbocycles. The van der Waals surface area contributed by atoms with Gasteiger partial charge in [0.15, 0.2) is 0 Å². The van der Waals surface area contributed by atoms with Crippen LogP contribution in [0.3, 0.4) is 0 Å². The van der Waals surface area contributed by atoms with Crippen LogP contribution in [0.1, 0.15) is 29.7 Å². The van der Waals surface area contributed by atoms with Crippen LogP contribution in [-0.2, 0) is 21.4 Å². The van der Waals surface area contributed by atoms with Gasteiger partial charge in [-0.2, -0.15) is 4.31 Å². The number of rotatable bonds is 8. The van der Waals surface area contributed by atoms with E-state index < -0.39 is 10.0 Å². The number of hydrogen-bond donors (Lipinski definition) is 1. The number of nitrogens with zero attached hydrogens (tertiary/aromatic N) is 1. The van der Waals surface area contributed by atoms with Crippen molar-refractivity contribution in [3.05, 3.63) is 98.4 Å². The molecule has 3 aromatic rings. The molecule has 168 valence electrons. The quantitative estimate of drug-likeness (QED) is 0.378. The second-order valence-corrected chi connectivity index (χ2v) is 11.3. The SMILES string of the molecule is Cc1ccc(S(=O)(=O)N(CC(=O)NC(C)c2cccc(Br)c2)Cc2ccc(Br)cc2)cc1. The van der Waals surface area contributed by atoms with Crippen molar-refractivity contribution in [3.63, 3.8) is 0 Å². The topological polar surface area (TPSA) is 66.5 Å². The van der Waals surface area contributed by atoms with Crippen molar-refractivity contribution in [3.8, 4) is 0 Å². The highest BCUT2D eigenvalue weighted by Gasteiger charge is 2.27. The van der Waals surface area contributed by atoms with Crippen molar-refractivity contribution in [2.75, 3.05) is 6.54 Å². The Kier molecular flexibility index (Phi) is 8.27. The summed E-state index contributed by atoms with van der Waals surface area (Å²) in [5.74, 6) is -0.370. The zero-order valence-electron chi connectivity index (χ0n) is 17.8.